The van der Waals surface area contributed by atoms with E-state index >= 15 is 0 Å². The lowest BCUT2D eigenvalue weighted by atomic mass is 10.2. The number of hydrogen-bond acceptors (Lipinski definition) is 4. The number of carbonyl (C=O) groups is 1. The number of halogens is 2. The molecule has 0 unspecified atom stereocenters. The monoisotopic (exact) mass is 267 g/mol. The van der Waals surface area contributed by atoms with Crippen molar-refractivity contribution in [3.63, 3.8) is 0 Å². The van der Waals surface area contributed by atoms with Crippen LogP contribution >= 0.6 is 35.3 Å². The smallest absolute Gasteiger partial charge is 0.243 e. The molecule has 15 heavy (non-hydrogen) atoms. The highest BCUT2D eigenvalue weighted by atomic mass is 35.5. The van der Waals surface area contributed by atoms with Crippen molar-refractivity contribution in [3.05, 3.63) is 10.5 Å². The van der Waals surface area contributed by atoms with Crippen LogP contribution in [0.4, 0.5) is 5.13 Å². The quantitative estimate of drug-likeness (QED) is 0.861. The standard InChI is InChI=1S/C8H10ClN3OS.ClH/c9-6-4-11-8(14-6)12-7(13)5-2-1-3-10-5;/h4-5,10H,1-3H2,(H,11,12,13);1H/t5-;/m1./s1. The van der Waals surface area contributed by atoms with Crippen molar-refractivity contribution < 1.29 is 4.79 Å². The molecule has 1 aliphatic heterocycles. The molecule has 0 bridgehead atoms. The van der Waals surface area contributed by atoms with Crippen molar-refractivity contribution in [3.8, 4) is 0 Å². The maximum Gasteiger partial charge on any atom is 0.243 e. The maximum atomic E-state index is 11.6. The fourth-order valence-electron chi connectivity index (χ4n) is 1.41. The highest BCUT2D eigenvalue weighted by Gasteiger charge is 2.22. The van der Waals surface area contributed by atoms with Crippen LogP contribution in [0.3, 0.4) is 0 Å². The van der Waals surface area contributed by atoms with Gasteiger partial charge >= 0.3 is 0 Å². The molecule has 2 rings (SSSR count). The summed E-state index contributed by atoms with van der Waals surface area (Å²) in [4.78, 5) is 15.5. The number of carbonyl (C=O) groups excluding carboxylic acids is 1. The topological polar surface area (TPSA) is 54.0 Å². The van der Waals surface area contributed by atoms with Gasteiger partial charge in [-0.05, 0) is 19.4 Å². The van der Waals surface area contributed by atoms with E-state index in [1.54, 1.807) is 0 Å². The predicted octanol–water partition coefficient (Wildman–Crippen LogP) is 1.91. The number of nitrogens with one attached hydrogen (secondary N) is 2. The minimum Gasteiger partial charge on any atom is -0.306 e. The molecular formula is C8H11Cl2N3OS. The van der Waals surface area contributed by atoms with Crippen molar-refractivity contribution in [2.45, 2.75) is 18.9 Å². The van der Waals surface area contributed by atoms with Crippen LogP contribution < -0.4 is 10.6 Å². The largest absolute Gasteiger partial charge is 0.306 e. The molecule has 0 spiro atoms. The molecule has 1 atom stereocenters. The Labute approximate surface area is 103 Å². The van der Waals surface area contributed by atoms with Crippen LogP contribution in [0.25, 0.3) is 0 Å². The van der Waals surface area contributed by atoms with Crippen LogP contribution in [0.1, 0.15) is 12.8 Å². The molecule has 1 amide bonds. The Morgan fingerprint density at radius 2 is 2.53 bits per heavy atom. The summed E-state index contributed by atoms with van der Waals surface area (Å²) in [5.41, 5.74) is 0. The molecule has 1 aromatic rings. The maximum absolute atomic E-state index is 11.6. The number of nitrogens with zero attached hydrogens (tertiary/aromatic N) is 1. The SMILES string of the molecule is Cl.O=C(Nc1ncc(Cl)s1)[C@H]1CCCN1. The molecule has 1 fully saturated rings. The van der Waals surface area contributed by atoms with Gasteiger partial charge in [-0.1, -0.05) is 22.9 Å². The third kappa shape index (κ3) is 3.31. The summed E-state index contributed by atoms with van der Waals surface area (Å²) in [5.74, 6) is -0.0199. The van der Waals surface area contributed by atoms with Gasteiger partial charge in [-0.2, -0.15) is 0 Å². The number of aromatic nitrogens is 1. The van der Waals surface area contributed by atoms with Crippen molar-refractivity contribution >= 4 is 46.4 Å². The minimum atomic E-state index is -0.0716. The third-order valence-corrected chi connectivity index (χ3v) is 3.11. The van der Waals surface area contributed by atoms with Gasteiger partial charge < -0.3 is 10.6 Å². The average molecular weight is 268 g/mol. The summed E-state index contributed by atoms with van der Waals surface area (Å²) in [5, 5.41) is 6.41. The molecule has 1 aliphatic rings. The first kappa shape index (κ1) is 12.7. The van der Waals surface area contributed by atoms with E-state index in [9.17, 15) is 4.79 Å². The van der Waals surface area contributed by atoms with E-state index in [-0.39, 0.29) is 24.4 Å². The molecule has 2 heterocycles. The van der Waals surface area contributed by atoms with Gasteiger partial charge in [0, 0.05) is 0 Å². The number of anilines is 1. The third-order valence-electron chi connectivity index (χ3n) is 2.08. The summed E-state index contributed by atoms with van der Waals surface area (Å²) >= 11 is 6.96. The van der Waals surface area contributed by atoms with Crippen LogP contribution in [0, 0.1) is 0 Å². The fraction of sp³-hybridized carbons (Fsp3) is 0.500. The molecule has 0 saturated carbocycles. The molecule has 4 nitrogen and oxygen atoms in total. The van der Waals surface area contributed by atoms with E-state index in [2.05, 4.69) is 15.6 Å². The Hall–Kier alpha value is -0.360. The molecular weight excluding hydrogens is 257 g/mol. The lowest BCUT2D eigenvalue weighted by molar-refractivity contribution is -0.117. The zero-order valence-corrected chi connectivity index (χ0v) is 10.2. The van der Waals surface area contributed by atoms with Gasteiger partial charge in [-0.3, -0.25) is 4.79 Å². The number of rotatable bonds is 2. The molecule has 84 valence electrons. The Morgan fingerprint density at radius 1 is 1.73 bits per heavy atom. The summed E-state index contributed by atoms with van der Waals surface area (Å²) in [7, 11) is 0. The highest BCUT2D eigenvalue weighted by molar-refractivity contribution is 7.19. The van der Waals surface area contributed by atoms with Gasteiger partial charge in [0.2, 0.25) is 5.91 Å². The average Bonchev–Trinajstić information content (AvgIpc) is 2.75. The zero-order valence-electron chi connectivity index (χ0n) is 7.83. The van der Waals surface area contributed by atoms with Crippen molar-refractivity contribution in [2.75, 3.05) is 11.9 Å². The van der Waals surface area contributed by atoms with Crippen LogP contribution in [0.2, 0.25) is 4.34 Å². The van der Waals surface area contributed by atoms with Crippen LogP contribution in [0.15, 0.2) is 6.20 Å². The number of thiazole rings is 1. The van der Waals surface area contributed by atoms with Gasteiger partial charge in [-0.15, -0.1) is 12.4 Å². The summed E-state index contributed by atoms with van der Waals surface area (Å²) in [6.07, 6.45) is 3.48. The molecule has 0 aromatic carbocycles. The number of amides is 1. The van der Waals surface area contributed by atoms with Crippen molar-refractivity contribution in [1.29, 1.82) is 0 Å². The lowest BCUT2D eigenvalue weighted by Gasteiger charge is -2.08. The molecule has 2 N–H and O–H groups in total. The molecule has 7 heteroatoms. The molecule has 0 radical (unpaired) electrons. The Morgan fingerprint density at radius 3 is 3.07 bits per heavy atom. The minimum absolute atomic E-state index is 0. The van der Waals surface area contributed by atoms with E-state index in [0.717, 1.165) is 19.4 Å². The van der Waals surface area contributed by atoms with Crippen LogP contribution in [-0.4, -0.2) is 23.5 Å². The Bertz CT molecular complexity index is 338. The van der Waals surface area contributed by atoms with Crippen molar-refractivity contribution in [2.24, 2.45) is 0 Å². The predicted molar refractivity (Wildman–Crippen MR) is 64.0 cm³/mol. The Kier molecular flexibility index (Phi) is 4.79. The van der Waals surface area contributed by atoms with E-state index in [1.807, 2.05) is 0 Å². The molecule has 1 aromatic heterocycles. The second-order valence-electron chi connectivity index (χ2n) is 3.11. The van der Waals surface area contributed by atoms with Crippen LogP contribution in [-0.2, 0) is 4.79 Å². The van der Waals surface area contributed by atoms with Gasteiger partial charge in [0.15, 0.2) is 5.13 Å². The lowest BCUT2D eigenvalue weighted by Crippen LogP contribution is -2.35. The van der Waals surface area contributed by atoms with Gasteiger partial charge in [0.05, 0.1) is 12.2 Å². The first-order valence-electron chi connectivity index (χ1n) is 4.41. The van der Waals surface area contributed by atoms with Gasteiger partial charge in [0.25, 0.3) is 0 Å². The van der Waals surface area contributed by atoms with Gasteiger partial charge in [0.1, 0.15) is 4.34 Å². The summed E-state index contributed by atoms with van der Waals surface area (Å²) in [6.45, 7) is 0.913. The molecule has 0 aliphatic carbocycles. The number of hydrogen-bond donors (Lipinski definition) is 2. The van der Waals surface area contributed by atoms with E-state index in [0.29, 0.717) is 9.47 Å². The summed E-state index contributed by atoms with van der Waals surface area (Å²) < 4.78 is 0.583. The molecule has 1 saturated heterocycles. The van der Waals surface area contributed by atoms with Crippen LogP contribution in [0.5, 0.6) is 0 Å². The highest BCUT2D eigenvalue weighted by Crippen LogP contribution is 2.22. The second-order valence-corrected chi connectivity index (χ2v) is 4.77. The zero-order chi connectivity index (χ0) is 9.97. The fourth-order valence-corrected chi connectivity index (χ4v) is 2.23. The van der Waals surface area contributed by atoms with E-state index < -0.39 is 0 Å². The van der Waals surface area contributed by atoms with Gasteiger partial charge in [-0.25, -0.2) is 4.98 Å². The van der Waals surface area contributed by atoms with E-state index in [1.165, 1.54) is 17.5 Å². The van der Waals surface area contributed by atoms with E-state index in [4.69, 9.17) is 11.6 Å². The second kappa shape index (κ2) is 5.65. The normalized spacial score (nSPS) is 19.7. The Balaban J connectivity index is 0.00000112. The first-order chi connectivity index (χ1) is 6.75. The first-order valence-corrected chi connectivity index (χ1v) is 5.61. The van der Waals surface area contributed by atoms with Crippen molar-refractivity contribution in [1.82, 2.24) is 10.3 Å². The summed E-state index contributed by atoms with van der Waals surface area (Å²) in [6, 6.07) is -0.0716.